The normalized spacial score (nSPS) is 11.0. The molecule has 2 aromatic rings. The lowest BCUT2D eigenvalue weighted by molar-refractivity contribution is -0.384. The maximum absolute atomic E-state index is 11.5. The van der Waals surface area contributed by atoms with Crippen molar-refractivity contribution in [1.82, 2.24) is 9.97 Å². The van der Waals surface area contributed by atoms with Crippen molar-refractivity contribution in [2.24, 2.45) is 5.73 Å². The van der Waals surface area contributed by atoms with Crippen LogP contribution in [0, 0.1) is 28.4 Å². The molecule has 0 aliphatic carbocycles. The van der Waals surface area contributed by atoms with Crippen LogP contribution < -0.4 is 11.3 Å². The average molecular weight is 357 g/mol. The summed E-state index contributed by atoms with van der Waals surface area (Å²) in [7, 11) is 0. The largest absolute Gasteiger partial charge is 0.365 e. The van der Waals surface area contributed by atoms with Crippen molar-refractivity contribution in [2.75, 3.05) is 0 Å². The molecule has 0 unspecified atom stereocenters. The van der Waals surface area contributed by atoms with Crippen LogP contribution in [0.4, 0.5) is 5.69 Å². The number of nitrogens with zero attached hydrogens (tertiary/aromatic N) is 3. The van der Waals surface area contributed by atoms with Crippen molar-refractivity contribution in [3.63, 3.8) is 0 Å². The Balaban J connectivity index is 2.57. The number of carbonyl (C=O) groups excluding carboxylic acids is 1. The number of primary amides is 1. The van der Waals surface area contributed by atoms with Gasteiger partial charge in [-0.15, -0.1) is 0 Å². The number of hydrogen-bond acceptors (Lipinski definition) is 7. The number of nitro benzene ring substituents is 1. The first kappa shape index (κ1) is 17.9. The third-order valence-corrected chi connectivity index (χ3v) is 3.92. The summed E-state index contributed by atoms with van der Waals surface area (Å²) in [4.78, 5) is 40.3. The summed E-state index contributed by atoms with van der Waals surface area (Å²) in [5, 5.41) is 20.2. The van der Waals surface area contributed by atoms with Gasteiger partial charge in [0.05, 0.1) is 4.92 Å². The SMILES string of the molecule is Cc1cc(=O)[nH]c(Sc2ccc([N+](=O)[O-])cc2/C=C(\C#N)C(N)=O)n1. The van der Waals surface area contributed by atoms with E-state index in [-0.39, 0.29) is 27.5 Å². The van der Waals surface area contributed by atoms with Crippen molar-refractivity contribution in [2.45, 2.75) is 17.0 Å². The van der Waals surface area contributed by atoms with Gasteiger partial charge in [-0.1, -0.05) is 11.8 Å². The Labute approximate surface area is 145 Å². The van der Waals surface area contributed by atoms with Crippen LogP contribution in [0.25, 0.3) is 6.08 Å². The molecule has 0 saturated carbocycles. The van der Waals surface area contributed by atoms with Crippen LogP contribution in [0.15, 0.2) is 44.7 Å². The van der Waals surface area contributed by atoms with E-state index in [1.54, 1.807) is 13.0 Å². The molecule has 0 saturated heterocycles. The molecule has 0 bridgehead atoms. The zero-order valence-electron chi connectivity index (χ0n) is 12.8. The van der Waals surface area contributed by atoms with Gasteiger partial charge in [0, 0.05) is 28.8 Å². The highest BCUT2D eigenvalue weighted by molar-refractivity contribution is 7.99. The molecule has 9 nitrogen and oxygen atoms in total. The third kappa shape index (κ3) is 4.52. The predicted octanol–water partition coefficient (Wildman–Crippen LogP) is 1.53. The van der Waals surface area contributed by atoms with Gasteiger partial charge in [-0.05, 0) is 24.6 Å². The Bertz CT molecular complexity index is 990. The second kappa shape index (κ2) is 7.41. The minimum Gasteiger partial charge on any atom is -0.365 e. The second-order valence-corrected chi connectivity index (χ2v) is 5.84. The van der Waals surface area contributed by atoms with Gasteiger partial charge in [0.25, 0.3) is 17.2 Å². The molecular weight excluding hydrogens is 346 g/mol. The van der Waals surface area contributed by atoms with Gasteiger partial charge in [-0.2, -0.15) is 5.26 Å². The Morgan fingerprint density at radius 3 is 2.76 bits per heavy atom. The summed E-state index contributed by atoms with van der Waals surface area (Å²) in [6, 6.07) is 6.87. The van der Waals surface area contributed by atoms with E-state index in [2.05, 4.69) is 9.97 Å². The van der Waals surface area contributed by atoms with Crippen LogP contribution in [0.1, 0.15) is 11.3 Å². The first-order valence-electron chi connectivity index (χ1n) is 6.76. The van der Waals surface area contributed by atoms with Gasteiger partial charge in [0.1, 0.15) is 11.6 Å². The van der Waals surface area contributed by atoms with Crippen LogP contribution in [0.2, 0.25) is 0 Å². The predicted molar refractivity (Wildman–Crippen MR) is 89.6 cm³/mol. The van der Waals surface area contributed by atoms with E-state index in [4.69, 9.17) is 11.0 Å². The van der Waals surface area contributed by atoms with Gasteiger partial charge in [0.15, 0.2) is 5.16 Å². The highest BCUT2D eigenvalue weighted by Gasteiger charge is 2.14. The van der Waals surface area contributed by atoms with Crippen LogP contribution in [-0.4, -0.2) is 20.8 Å². The number of aromatic amines is 1. The number of nitriles is 1. The van der Waals surface area contributed by atoms with E-state index in [1.807, 2.05) is 0 Å². The van der Waals surface area contributed by atoms with Crippen molar-refractivity contribution in [3.05, 3.63) is 61.6 Å². The molecule has 0 atom stereocenters. The molecule has 1 aromatic carbocycles. The fourth-order valence-electron chi connectivity index (χ4n) is 1.87. The first-order valence-corrected chi connectivity index (χ1v) is 7.57. The summed E-state index contributed by atoms with van der Waals surface area (Å²) in [5.74, 6) is -0.952. The number of aryl methyl sites for hydroxylation is 1. The number of hydrogen-bond donors (Lipinski definition) is 2. The quantitative estimate of drug-likeness (QED) is 0.270. The molecule has 126 valence electrons. The summed E-state index contributed by atoms with van der Waals surface area (Å²) >= 11 is 1.03. The number of nitro groups is 1. The van der Waals surface area contributed by atoms with Gasteiger partial charge in [-0.25, -0.2) is 4.98 Å². The van der Waals surface area contributed by atoms with E-state index in [0.717, 1.165) is 17.8 Å². The monoisotopic (exact) mass is 357 g/mol. The first-order chi connectivity index (χ1) is 11.8. The van der Waals surface area contributed by atoms with Gasteiger partial charge < -0.3 is 10.7 Å². The maximum Gasteiger partial charge on any atom is 0.270 e. The second-order valence-electron chi connectivity index (χ2n) is 4.81. The summed E-state index contributed by atoms with van der Waals surface area (Å²) < 4.78 is 0. The molecular formula is C15H11N5O4S. The molecule has 0 aliphatic heterocycles. The van der Waals surface area contributed by atoms with Gasteiger partial charge >= 0.3 is 0 Å². The molecule has 2 rings (SSSR count). The number of amides is 1. The van der Waals surface area contributed by atoms with Crippen LogP contribution in [0.5, 0.6) is 0 Å². The van der Waals surface area contributed by atoms with Crippen molar-refractivity contribution >= 4 is 29.4 Å². The Morgan fingerprint density at radius 1 is 1.48 bits per heavy atom. The Hall–Kier alpha value is -3.45. The molecule has 1 heterocycles. The highest BCUT2D eigenvalue weighted by Crippen LogP contribution is 2.31. The number of nitrogens with two attached hydrogens (primary N) is 1. The zero-order valence-corrected chi connectivity index (χ0v) is 13.7. The molecule has 0 fully saturated rings. The Kier molecular flexibility index (Phi) is 5.31. The van der Waals surface area contributed by atoms with Crippen molar-refractivity contribution in [1.29, 1.82) is 5.26 Å². The standard InChI is InChI=1S/C15H11N5O4S/c1-8-4-13(21)19-15(18-8)25-12-3-2-11(20(23)24)6-9(12)5-10(7-16)14(17)22/h2-6H,1H3,(H2,17,22)(H,18,19,21)/b10-5+. The molecule has 0 radical (unpaired) electrons. The summed E-state index contributed by atoms with van der Waals surface area (Å²) in [6.07, 6.45) is 1.16. The van der Waals surface area contributed by atoms with Gasteiger partial charge in [-0.3, -0.25) is 19.7 Å². The molecule has 1 amide bonds. The highest BCUT2D eigenvalue weighted by atomic mass is 32.2. The third-order valence-electron chi connectivity index (χ3n) is 2.94. The number of benzene rings is 1. The lowest BCUT2D eigenvalue weighted by atomic mass is 10.1. The van der Waals surface area contributed by atoms with E-state index in [9.17, 15) is 19.7 Å². The van der Waals surface area contributed by atoms with E-state index in [0.29, 0.717) is 10.6 Å². The molecule has 0 spiro atoms. The van der Waals surface area contributed by atoms with Crippen LogP contribution >= 0.6 is 11.8 Å². The lowest BCUT2D eigenvalue weighted by Gasteiger charge is -2.06. The van der Waals surface area contributed by atoms with Crippen LogP contribution in [-0.2, 0) is 4.79 Å². The van der Waals surface area contributed by atoms with Crippen LogP contribution in [0.3, 0.4) is 0 Å². The van der Waals surface area contributed by atoms with Crippen molar-refractivity contribution < 1.29 is 9.72 Å². The Morgan fingerprint density at radius 2 is 2.20 bits per heavy atom. The molecule has 3 N–H and O–H groups in total. The molecule has 10 heteroatoms. The minimum atomic E-state index is -0.952. The fourth-order valence-corrected chi connectivity index (χ4v) is 2.79. The van der Waals surface area contributed by atoms with Gasteiger partial charge in [0.2, 0.25) is 0 Å². The molecule has 0 aliphatic rings. The number of carbonyl (C=O) groups is 1. The maximum atomic E-state index is 11.5. The molecule has 25 heavy (non-hydrogen) atoms. The van der Waals surface area contributed by atoms with Crippen molar-refractivity contribution in [3.8, 4) is 6.07 Å². The fraction of sp³-hybridized carbons (Fsp3) is 0.0667. The summed E-state index contributed by atoms with van der Waals surface area (Å²) in [5.41, 5.74) is 4.92. The zero-order chi connectivity index (χ0) is 18.6. The summed E-state index contributed by atoms with van der Waals surface area (Å²) in [6.45, 7) is 1.65. The van der Waals surface area contributed by atoms with E-state index < -0.39 is 10.8 Å². The number of H-pyrrole nitrogens is 1. The minimum absolute atomic E-state index is 0.219. The lowest BCUT2D eigenvalue weighted by Crippen LogP contribution is -2.12. The number of nitrogens with one attached hydrogen (secondary N) is 1. The van der Waals surface area contributed by atoms with E-state index in [1.165, 1.54) is 24.3 Å². The van der Waals surface area contributed by atoms with E-state index >= 15 is 0 Å². The molecule has 1 aromatic heterocycles. The topological polar surface area (TPSA) is 156 Å². The number of non-ortho nitro benzene ring substituents is 1. The number of rotatable bonds is 5. The smallest absolute Gasteiger partial charge is 0.270 e. The average Bonchev–Trinajstić information content (AvgIpc) is 2.52. The number of aromatic nitrogens is 2.